The molecule has 0 amide bonds. The molecule has 0 aliphatic heterocycles. The van der Waals surface area contributed by atoms with Gasteiger partial charge in [-0.2, -0.15) is 9.78 Å². The van der Waals surface area contributed by atoms with Gasteiger partial charge in [0.25, 0.3) is 0 Å². The van der Waals surface area contributed by atoms with E-state index >= 15 is 0 Å². The molecule has 138 valence electrons. The second-order valence-electron chi connectivity index (χ2n) is 9.46. The third kappa shape index (κ3) is 8.42. The second kappa shape index (κ2) is 7.33. The largest absolute Gasteiger partial charge is 0.241 e. The quantitative estimate of drug-likeness (QED) is 0.392. The maximum atomic E-state index is 5.52. The lowest BCUT2D eigenvalue weighted by molar-refractivity contribution is -0.664. The molecule has 6 heteroatoms. The van der Waals surface area contributed by atoms with E-state index in [4.69, 9.17) is 29.6 Å². The first-order chi connectivity index (χ1) is 10.2. The highest BCUT2D eigenvalue weighted by Gasteiger charge is 2.48. The van der Waals surface area contributed by atoms with Crippen LogP contribution in [0.3, 0.4) is 0 Å². The Bertz CT molecular complexity index is 346. The van der Waals surface area contributed by atoms with Gasteiger partial charge in [0.1, 0.15) is 0 Å². The van der Waals surface area contributed by atoms with Crippen LogP contribution in [-0.2, 0) is 29.6 Å². The molecular formula is C17H34O6. The average Bonchev–Trinajstić information content (AvgIpc) is 2.21. The number of hydrogen-bond donors (Lipinski definition) is 0. The predicted octanol–water partition coefficient (Wildman–Crippen LogP) is 4.89. The minimum absolute atomic E-state index is 0.0217. The van der Waals surface area contributed by atoms with Gasteiger partial charge in [0.15, 0.2) is 0 Å². The zero-order valence-corrected chi connectivity index (χ0v) is 16.1. The Labute approximate surface area is 140 Å². The molecule has 1 fully saturated rings. The second-order valence-corrected chi connectivity index (χ2v) is 9.46. The topological polar surface area (TPSA) is 55.4 Å². The van der Waals surface area contributed by atoms with E-state index in [2.05, 4.69) is 20.8 Å². The van der Waals surface area contributed by atoms with Crippen LogP contribution < -0.4 is 0 Å². The summed E-state index contributed by atoms with van der Waals surface area (Å²) in [5.74, 6) is -0.687. The van der Waals surface area contributed by atoms with Gasteiger partial charge in [-0.3, -0.25) is 0 Å². The molecule has 0 spiro atoms. The molecule has 0 saturated heterocycles. The lowest BCUT2D eigenvalue weighted by atomic mass is 9.70. The molecule has 1 rings (SSSR count). The van der Waals surface area contributed by atoms with Gasteiger partial charge in [0, 0.05) is 12.8 Å². The molecule has 1 saturated carbocycles. The Morgan fingerprint density at radius 1 is 0.783 bits per heavy atom. The van der Waals surface area contributed by atoms with E-state index in [1.54, 1.807) is 0 Å². The molecule has 6 nitrogen and oxygen atoms in total. The van der Waals surface area contributed by atoms with Crippen molar-refractivity contribution in [2.24, 2.45) is 11.3 Å². The Morgan fingerprint density at radius 3 is 1.57 bits per heavy atom. The first-order valence-corrected chi connectivity index (χ1v) is 8.29. The van der Waals surface area contributed by atoms with Crippen LogP contribution in [0.2, 0.25) is 0 Å². The molecule has 0 heterocycles. The van der Waals surface area contributed by atoms with E-state index in [9.17, 15) is 0 Å². The van der Waals surface area contributed by atoms with Crippen molar-refractivity contribution in [1.82, 2.24) is 0 Å². The van der Waals surface area contributed by atoms with Crippen LogP contribution >= 0.6 is 0 Å². The molecule has 0 bridgehead atoms. The zero-order chi connectivity index (χ0) is 17.9. The minimum atomic E-state index is -1.07. The first kappa shape index (κ1) is 20.8. The average molecular weight is 334 g/mol. The van der Waals surface area contributed by atoms with Crippen LogP contribution in [0.5, 0.6) is 0 Å². The summed E-state index contributed by atoms with van der Waals surface area (Å²) in [4.78, 5) is 21.5. The standard InChI is InChI=1S/C17H34O6/c1-13-10-16(8,9)12-17(11-13,20-22-18-14(2,3)4)21-23-19-15(5,6)7/h13H,10-12H2,1-9H3. The van der Waals surface area contributed by atoms with E-state index in [0.29, 0.717) is 18.8 Å². The molecule has 0 aromatic rings. The van der Waals surface area contributed by atoms with Gasteiger partial charge in [-0.15, -0.1) is 0 Å². The predicted molar refractivity (Wildman–Crippen MR) is 85.5 cm³/mol. The lowest BCUT2D eigenvalue weighted by Gasteiger charge is -2.44. The summed E-state index contributed by atoms with van der Waals surface area (Å²) < 4.78 is 0. The smallest absolute Gasteiger partial charge is 0.200 e. The fourth-order valence-electron chi connectivity index (χ4n) is 2.92. The fraction of sp³-hybridized carbons (Fsp3) is 1.00. The van der Waals surface area contributed by atoms with Crippen molar-refractivity contribution in [3.05, 3.63) is 0 Å². The van der Waals surface area contributed by atoms with Crippen molar-refractivity contribution < 1.29 is 29.6 Å². The van der Waals surface area contributed by atoms with E-state index < -0.39 is 17.0 Å². The third-order valence-corrected chi connectivity index (χ3v) is 3.25. The highest BCUT2D eigenvalue weighted by atomic mass is 17.6. The molecule has 1 aliphatic rings. The van der Waals surface area contributed by atoms with E-state index in [-0.39, 0.29) is 5.41 Å². The Hall–Kier alpha value is -0.240. The van der Waals surface area contributed by atoms with Crippen LogP contribution in [-0.4, -0.2) is 17.0 Å². The Morgan fingerprint density at radius 2 is 1.22 bits per heavy atom. The van der Waals surface area contributed by atoms with Crippen molar-refractivity contribution in [2.75, 3.05) is 0 Å². The number of hydrogen-bond acceptors (Lipinski definition) is 6. The summed E-state index contributed by atoms with van der Waals surface area (Å²) in [6.07, 6.45) is 2.30. The van der Waals surface area contributed by atoms with Gasteiger partial charge in [0.2, 0.25) is 5.79 Å². The molecule has 1 unspecified atom stereocenters. The molecular weight excluding hydrogens is 300 g/mol. The summed E-state index contributed by atoms with van der Waals surface area (Å²) in [5, 5.41) is 10.0. The van der Waals surface area contributed by atoms with Crippen LogP contribution in [0.15, 0.2) is 0 Å². The summed E-state index contributed by atoms with van der Waals surface area (Å²) in [7, 11) is 0. The molecule has 0 N–H and O–H groups in total. The van der Waals surface area contributed by atoms with Crippen LogP contribution in [0.25, 0.3) is 0 Å². The lowest BCUT2D eigenvalue weighted by Crippen LogP contribution is -2.47. The highest BCUT2D eigenvalue weighted by Crippen LogP contribution is 2.46. The van der Waals surface area contributed by atoms with Crippen molar-refractivity contribution in [2.45, 2.75) is 98.6 Å². The number of rotatable bonds is 6. The summed E-state index contributed by atoms with van der Waals surface area (Å²) in [5.41, 5.74) is -0.951. The third-order valence-electron chi connectivity index (χ3n) is 3.25. The van der Waals surface area contributed by atoms with E-state index in [1.807, 2.05) is 41.5 Å². The zero-order valence-electron chi connectivity index (χ0n) is 16.1. The van der Waals surface area contributed by atoms with E-state index in [0.717, 1.165) is 6.42 Å². The maximum Gasteiger partial charge on any atom is 0.241 e. The van der Waals surface area contributed by atoms with Gasteiger partial charge in [-0.25, -0.2) is 9.78 Å². The normalized spacial score (nSPS) is 24.7. The molecule has 1 atom stereocenters. The molecule has 0 aromatic heterocycles. The van der Waals surface area contributed by atoms with Gasteiger partial charge in [-0.1, -0.05) is 30.8 Å². The fourth-order valence-corrected chi connectivity index (χ4v) is 2.92. The monoisotopic (exact) mass is 334 g/mol. The van der Waals surface area contributed by atoms with Crippen LogP contribution in [0.4, 0.5) is 0 Å². The summed E-state index contributed by atoms with van der Waals surface area (Å²) >= 11 is 0. The summed E-state index contributed by atoms with van der Waals surface area (Å²) in [6, 6.07) is 0. The molecule has 23 heavy (non-hydrogen) atoms. The first-order valence-electron chi connectivity index (χ1n) is 8.29. The van der Waals surface area contributed by atoms with E-state index in [1.165, 1.54) is 0 Å². The maximum absolute atomic E-state index is 5.52. The highest BCUT2D eigenvalue weighted by molar-refractivity contribution is 4.87. The molecule has 1 aliphatic carbocycles. The van der Waals surface area contributed by atoms with Crippen LogP contribution in [0, 0.1) is 11.3 Å². The van der Waals surface area contributed by atoms with Crippen molar-refractivity contribution in [3.63, 3.8) is 0 Å². The molecule has 0 aromatic carbocycles. The van der Waals surface area contributed by atoms with Gasteiger partial charge in [0.05, 0.1) is 11.2 Å². The van der Waals surface area contributed by atoms with Crippen molar-refractivity contribution >= 4 is 0 Å². The summed E-state index contributed by atoms with van der Waals surface area (Å²) in [6.45, 7) is 17.7. The Kier molecular flexibility index (Phi) is 6.63. The molecule has 0 radical (unpaired) electrons. The SMILES string of the molecule is CC1CC(C)(C)CC(OOOC(C)(C)C)(OOOC(C)(C)C)C1. The van der Waals surface area contributed by atoms with Crippen molar-refractivity contribution in [3.8, 4) is 0 Å². The van der Waals surface area contributed by atoms with Gasteiger partial charge in [-0.05, 0) is 59.3 Å². The van der Waals surface area contributed by atoms with Gasteiger partial charge >= 0.3 is 0 Å². The minimum Gasteiger partial charge on any atom is -0.200 e. The van der Waals surface area contributed by atoms with Crippen molar-refractivity contribution in [1.29, 1.82) is 0 Å². The Balaban J connectivity index is 2.74. The van der Waals surface area contributed by atoms with Crippen LogP contribution in [0.1, 0.15) is 81.6 Å². The van der Waals surface area contributed by atoms with Gasteiger partial charge < -0.3 is 0 Å².